The minimum Gasteiger partial charge on any atom is -0.343 e. The number of aromatic nitrogens is 1. The molecule has 0 aliphatic heterocycles. The third-order valence-corrected chi connectivity index (χ3v) is 3.28. The number of fused-ring (bicyclic) bond motifs is 1. The van der Waals surface area contributed by atoms with Crippen molar-refractivity contribution in [2.75, 3.05) is 0 Å². The highest BCUT2D eigenvalue weighted by molar-refractivity contribution is 5.87. The molecule has 2 nitrogen and oxygen atoms in total. The molecule has 0 radical (unpaired) electrons. The van der Waals surface area contributed by atoms with Crippen LogP contribution in [0, 0.1) is 11.6 Å². The average Bonchev–Trinajstić information content (AvgIpc) is 2.85. The second-order valence-electron chi connectivity index (χ2n) is 4.62. The number of hydrogen-bond acceptors (Lipinski definition) is 1. The Morgan fingerprint density at radius 1 is 1.05 bits per heavy atom. The van der Waals surface area contributed by atoms with E-state index < -0.39 is 11.6 Å². The maximum absolute atomic E-state index is 13.7. The van der Waals surface area contributed by atoms with Crippen molar-refractivity contribution in [3.63, 3.8) is 0 Å². The molecule has 0 bridgehead atoms. The van der Waals surface area contributed by atoms with E-state index in [0.29, 0.717) is 11.1 Å². The lowest BCUT2D eigenvalue weighted by atomic mass is 10.1. The molecule has 0 N–H and O–H groups in total. The number of hydrogen-bond donors (Lipinski definition) is 0. The lowest BCUT2D eigenvalue weighted by Gasteiger charge is -2.07. The summed E-state index contributed by atoms with van der Waals surface area (Å²) in [5, 5.41) is 0.895. The third kappa shape index (κ3) is 2.20. The Hall–Kier alpha value is -2.49. The molecule has 100 valence electrons. The first-order valence-corrected chi connectivity index (χ1v) is 6.15. The minimum absolute atomic E-state index is 0.244. The van der Waals surface area contributed by atoms with E-state index in [1.807, 2.05) is 10.6 Å². The summed E-state index contributed by atoms with van der Waals surface area (Å²) in [4.78, 5) is 10.7. The Morgan fingerprint density at radius 3 is 2.70 bits per heavy atom. The van der Waals surface area contributed by atoms with Gasteiger partial charge in [-0.05, 0) is 42.5 Å². The van der Waals surface area contributed by atoms with Crippen molar-refractivity contribution < 1.29 is 13.6 Å². The lowest BCUT2D eigenvalue weighted by molar-refractivity contribution is 0.112. The molecule has 0 saturated heterocycles. The SMILES string of the molecule is O=Cc1ccc2c(ccn2Cc2cc(F)ccc2F)c1. The molecule has 0 atom stereocenters. The molecule has 2 aromatic carbocycles. The van der Waals surface area contributed by atoms with Gasteiger partial charge in [0.15, 0.2) is 0 Å². The third-order valence-electron chi connectivity index (χ3n) is 3.28. The van der Waals surface area contributed by atoms with Gasteiger partial charge >= 0.3 is 0 Å². The molecule has 0 saturated carbocycles. The van der Waals surface area contributed by atoms with Crippen LogP contribution >= 0.6 is 0 Å². The zero-order valence-electron chi connectivity index (χ0n) is 10.5. The molecule has 0 aliphatic rings. The Labute approximate surface area is 114 Å². The summed E-state index contributed by atoms with van der Waals surface area (Å²) in [5.41, 5.74) is 1.76. The summed E-state index contributed by atoms with van der Waals surface area (Å²) >= 11 is 0. The molecular weight excluding hydrogens is 260 g/mol. The van der Waals surface area contributed by atoms with Crippen LogP contribution in [-0.4, -0.2) is 10.9 Å². The van der Waals surface area contributed by atoms with E-state index in [2.05, 4.69) is 0 Å². The Morgan fingerprint density at radius 2 is 1.90 bits per heavy atom. The van der Waals surface area contributed by atoms with Gasteiger partial charge in [0.25, 0.3) is 0 Å². The molecule has 0 unspecified atom stereocenters. The second-order valence-corrected chi connectivity index (χ2v) is 4.62. The van der Waals surface area contributed by atoms with Gasteiger partial charge in [-0.15, -0.1) is 0 Å². The largest absolute Gasteiger partial charge is 0.343 e. The highest BCUT2D eigenvalue weighted by Crippen LogP contribution is 2.20. The van der Waals surface area contributed by atoms with Crippen molar-refractivity contribution in [2.24, 2.45) is 0 Å². The maximum atomic E-state index is 13.7. The van der Waals surface area contributed by atoms with Gasteiger partial charge in [0.05, 0.1) is 6.54 Å². The zero-order valence-corrected chi connectivity index (χ0v) is 10.5. The summed E-state index contributed by atoms with van der Waals surface area (Å²) in [6.45, 7) is 0.244. The molecule has 3 rings (SSSR count). The number of halogens is 2. The van der Waals surface area contributed by atoms with E-state index in [0.717, 1.165) is 29.3 Å². The number of carbonyl (C=O) groups excluding carboxylic acids is 1. The molecule has 20 heavy (non-hydrogen) atoms. The van der Waals surface area contributed by atoms with E-state index in [9.17, 15) is 13.6 Å². The van der Waals surface area contributed by atoms with Crippen LogP contribution in [0.15, 0.2) is 48.7 Å². The number of rotatable bonds is 3. The quantitative estimate of drug-likeness (QED) is 0.664. The molecule has 0 aliphatic carbocycles. The van der Waals surface area contributed by atoms with E-state index in [-0.39, 0.29) is 6.54 Å². The van der Waals surface area contributed by atoms with Crippen molar-refractivity contribution in [3.8, 4) is 0 Å². The summed E-state index contributed by atoms with van der Waals surface area (Å²) < 4.78 is 28.6. The number of carbonyl (C=O) groups is 1. The Bertz CT molecular complexity index is 792. The van der Waals surface area contributed by atoms with Crippen LogP contribution in [0.25, 0.3) is 10.9 Å². The standard InChI is InChI=1S/C16H11F2NO/c17-14-2-3-15(18)13(8-14)9-19-6-5-12-7-11(10-20)1-4-16(12)19/h1-8,10H,9H2. The summed E-state index contributed by atoms with van der Waals surface area (Å²) in [6.07, 6.45) is 2.58. The first-order valence-electron chi connectivity index (χ1n) is 6.15. The first-order chi connectivity index (χ1) is 9.67. The van der Waals surface area contributed by atoms with Crippen molar-refractivity contribution in [2.45, 2.75) is 6.54 Å². The van der Waals surface area contributed by atoms with Gasteiger partial charge in [0.2, 0.25) is 0 Å². The van der Waals surface area contributed by atoms with Gasteiger partial charge in [-0.25, -0.2) is 8.78 Å². The normalized spacial score (nSPS) is 10.9. The van der Waals surface area contributed by atoms with E-state index in [4.69, 9.17) is 0 Å². The van der Waals surface area contributed by atoms with Gasteiger partial charge in [0, 0.05) is 28.2 Å². The minimum atomic E-state index is -0.457. The van der Waals surface area contributed by atoms with E-state index in [1.54, 1.807) is 24.4 Å². The average molecular weight is 271 g/mol. The van der Waals surface area contributed by atoms with Crippen LogP contribution in [-0.2, 0) is 6.54 Å². The Kier molecular flexibility index (Phi) is 3.06. The van der Waals surface area contributed by atoms with E-state index in [1.165, 1.54) is 6.07 Å². The summed E-state index contributed by atoms with van der Waals surface area (Å²) in [5.74, 6) is -0.890. The highest BCUT2D eigenvalue weighted by Gasteiger charge is 2.07. The number of benzene rings is 2. The van der Waals surface area contributed by atoms with Crippen molar-refractivity contribution in [1.29, 1.82) is 0 Å². The van der Waals surface area contributed by atoms with Gasteiger partial charge in [-0.3, -0.25) is 4.79 Å². The fourth-order valence-corrected chi connectivity index (χ4v) is 2.28. The van der Waals surface area contributed by atoms with Crippen LogP contribution in [0.4, 0.5) is 8.78 Å². The molecule has 0 amide bonds. The van der Waals surface area contributed by atoms with Crippen molar-refractivity contribution >= 4 is 17.2 Å². The summed E-state index contributed by atoms with van der Waals surface area (Å²) in [7, 11) is 0. The van der Waals surface area contributed by atoms with Crippen molar-refractivity contribution in [3.05, 3.63) is 71.4 Å². The molecule has 3 aromatic rings. The van der Waals surface area contributed by atoms with Gasteiger partial charge in [-0.2, -0.15) is 0 Å². The maximum Gasteiger partial charge on any atom is 0.150 e. The smallest absolute Gasteiger partial charge is 0.150 e. The van der Waals surface area contributed by atoms with Crippen LogP contribution in [0.5, 0.6) is 0 Å². The van der Waals surface area contributed by atoms with Crippen LogP contribution < -0.4 is 0 Å². The number of nitrogens with zero attached hydrogens (tertiary/aromatic N) is 1. The molecule has 4 heteroatoms. The fraction of sp³-hybridized carbons (Fsp3) is 0.0625. The van der Waals surface area contributed by atoms with Gasteiger partial charge < -0.3 is 4.57 Å². The molecule has 1 heterocycles. The van der Waals surface area contributed by atoms with Gasteiger partial charge in [-0.1, -0.05) is 0 Å². The lowest BCUT2D eigenvalue weighted by Crippen LogP contribution is -2.01. The second kappa shape index (κ2) is 4.89. The first kappa shape index (κ1) is 12.5. The van der Waals surface area contributed by atoms with Crippen molar-refractivity contribution in [1.82, 2.24) is 4.57 Å². The monoisotopic (exact) mass is 271 g/mol. The topological polar surface area (TPSA) is 22.0 Å². The molecule has 0 fully saturated rings. The summed E-state index contributed by atoms with van der Waals surface area (Å²) in [6, 6.07) is 10.5. The molecule has 0 spiro atoms. The number of aldehydes is 1. The van der Waals surface area contributed by atoms with Crippen LogP contribution in [0.3, 0.4) is 0 Å². The molecule has 1 aromatic heterocycles. The predicted octanol–water partition coefficient (Wildman–Crippen LogP) is 3.78. The zero-order chi connectivity index (χ0) is 14.1. The highest BCUT2D eigenvalue weighted by atomic mass is 19.1. The Balaban J connectivity index is 2.02. The van der Waals surface area contributed by atoms with Crippen LogP contribution in [0.1, 0.15) is 15.9 Å². The van der Waals surface area contributed by atoms with E-state index >= 15 is 0 Å². The van der Waals surface area contributed by atoms with Gasteiger partial charge in [0.1, 0.15) is 17.9 Å². The predicted molar refractivity (Wildman–Crippen MR) is 72.8 cm³/mol. The van der Waals surface area contributed by atoms with Crippen LogP contribution in [0.2, 0.25) is 0 Å². The molecular formula is C16H11F2NO. The fourth-order valence-electron chi connectivity index (χ4n) is 2.28.